The second-order valence-electron chi connectivity index (χ2n) is 7.90. The molecule has 5 heteroatoms. The van der Waals surface area contributed by atoms with Crippen LogP contribution in [-0.4, -0.2) is 39.6 Å². The van der Waals surface area contributed by atoms with Gasteiger partial charge in [-0.25, -0.2) is 0 Å². The van der Waals surface area contributed by atoms with Crippen molar-refractivity contribution < 1.29 is 9.90 Å². The highest BCUT2D eigenvalue weighted by molar-refractivity contribution is 6.31. The van der Waals surface area contributed by atoms with Crippen molar-refractivity contribution in [3.05, 3.63) is 40.5 Å². The maximum absolute atomic E-state index is 13.3. The number of carbonyl (C=O) groups is 1. The van der Waals surface area contributed by atoms with Crippen LogP contribution < -0.4 is 0 Å². The van der Waals surface area contributed by atoms with Crippen molar-refractivity contribution in [1.29, 1.82) is 0 Å². The van der Waals surface area contributed by atoms with Gasteiger partial charge in [0.25, 0.3) is 5.91 Å². The Balaban J connectivity index is 1.69. The van der Waals surface area contributed by atoms with Crippen LogP contribution in [0.3, 0.4) is 0 Å². The minimum atomic E-state index is -0.627. The SMILES string of the molecule is CC[C@]1(O)CCC[C@H]2CN(C(=O)c3cc(C)nc4ccc(Cl)cc34)C[C@H]21. The summed E-state index contributed by atoms with van der Waals surface area (Å²) in [6.07, 6.45) is 3.74. The zero-order chi connectivity index (χ0) is 18.5. The van der Waals surface area contributed by atoms with Gasteiger partial charge in [0, 0.05) is 35.1 Å². The van der Waals surface area contributed by atoms with Gasteiger partial charge in [0.05, 0.1) is 16.7 Å². The first kappa shape index (κ1) is 17.7. The Morgan fingerprint density at radius 1 is 1.38 bits per heavy atom. The van der Waals surface area contributed by atoms with Crippen LogP contribution in [0, 0.1) is 18.8 Å². The Hall–Kier alpha value is -1.65. The van der Waals surface area contributed by atoms with Crippen molar-refractivity contribution in [2.24, 2.45) is 11.8 Å². The first-order valence-corrected chi connectivity index (χ1v) is 9.87. The fourth-order valence-corrected chi connectivity index (χ4v) is 5.08. The minimum absolute atomic E-state index is 0.0237. The topological polar surface area (TPSA) is 53.4 Å². The van der Waals surface area contributed by atoms with E-state index < -0.39 is 5.60 Å². The van der Waals surface area contributed by atoms with E-state index in [0.29, 0.717) is 23.0 Å². The molecule has 1 aliphatic heterocycles. The predicted octanol–water partition coefficient (Wildman–Crippen LogP) is 4.21. The number of fused-ring (bicyclic) bond motifs is 2. The number of benzene rings is 1. The molecule has 4 rings (SSSR count). The second-order valence-corrected chi connectivity index (χ2v) is 8.34. The highest BCUT2D eigenvalue weighted by atomic mass is 35.5. The van der Waals surface area contributed by atoms with Crippen LogP contribution in [0.4, 0.5) is 0 Å². The average Bonchev–Trinajstić information content (AvgIpc) is 3.07. The first-order valence-electron chi connectivity index (χ1n) is 9.50. The Morgan fingerprint density at radius 2 is 2.19 bits per heavy atom. The van der Waals surface area contributed by atoms with Gasteiger partial charge in [-0.15, -0.1) is 0 Å². The molecule has 0 spiro atoms. The molecule has 1 aliphatic carbocycles. The third-order valence-corrected chi connectivity index (χ3v) is 6.58. The second kappa shape index (κ2) is 6.50. The van der Waals surface area contributed by atoms with Crippen LogP contribution in [0.5, 0.6) is 0 Å². The molecular weight excluding hydrogens is 348 g/mol. The zero-order valence-corrected chi connectivity index (χ0v) is 16.1. The number of rotatable bonds is 2. The van der Waals surface area contributed by atoms with E-state index in [-0.39, 0.29) is 11.8 Å². The summed E-state index contributed by atoms with van der Waals surface area (Å²) in [6, 6.07) is 7.34. The van der Waals surface area contributed by atoms with Crippen molar-refractivity contribution in [1.82, 2.24) is 9.88 Å². The number of halogens is 1. The molecule has 1 saturated carbocycles. The summed E-state index contributed by atoms with van der Waals surface area (Å²) in [4.78, 5) is 19.8. The summed E-state index contributed by atoms with van der Waals surface area (Å²) in [5.74, 6) is 0.606. The van der Waals surface area contributed by atoms with E-state index in [1.165, 1.54) is 0 Å². The standard InChI is InChI=1S/C21H25ClN2O2/c1-3-21(26)8-4-5-14-11-24(12-18(14)21)20(25)17-9-13(2)23-19-7-6-15(22)10-16(17)19/h6-7,9-10,14,18,26H,3-5,8,11-12H2,1-2H3/t14-,18+,21-/m0/s1. The fourth-order valence-electron chi connectivity index (χ4n) is 4.91. The van der Waals surface area contributed by atoms with Gasteiger partial charge in [-0.3, -0.25) is 9.78 Å². The maximum Gasteiger partial charge on any atom is 0.254 e. The van der Waals surface area contributed by atoms with E-state index in [1.54, 1.807) is 6.07 Å². The zero-order valence-electron chi connectivity index (χ0n) is 15.3. The third-order valence-electron chi connectivity index (χ3n) is 6.34. The highest BCUT2D eigenvalue weighted by Crippen LogP contribution is 2.44. The number of aliphatic hydroxyl groups is 1. The molecule has 26 heavy (non-hydrogen) atoms. The van der Waals surface area contributed by atoms with E-state index in [1.807, 2.05) is 30.0 Å². The summed E-state index contributed by atoms with van der Waals surface area (Å²) in [6.45, 7) is 5.32. The molecule has 0 unspecified atom stereocenters. The van der Waals surface area contributed by atoms with E-state index in [2.05, 4.69) is 11.9 Å². The van der Waals surface area contributed by atoms with Crippen LogP contribution in [0.2, 0.25) is 5.02 Å². The van der Waals surface area contributed by atoms with Gasteiger partial charge in [-0.05, 0) is 56.4 Å². The van der Waals surface area contributed by atoms with Crippen LogP contribution in [-0.2, 0) is 0 Å². The van der Waals surface area contributed by atoms with Crippen molar-refractivity contribution in [2.45, 2.75) is 45.1 Å². The molecule has 1 aromatic carbocycles. The summed E-state index contributed by atoms with van der Waals surface area (Å²) in [5, 5.41) is 12.4. The number of hydrogen-bond donors (Lipinski definition) is 1. The van der Waals surface area contributed by atoms with Gasteiger partial charge in [0.2, 0.25) is 0 Å². The van der Waals surface area contributed by atoms with Crippen LogP contribution >= 0.6 is 11.6 Å². The molecule has 1 N–H and O–H groups in total. The van der Waals surface area contributed by atoms with Crippen LogP contribution in [0.15, 0.2) is 24.3 Å². The molecule has 2 aromatic rings. The lowest BCUT2D eigenvalue weighted by Gasteiger charge is -2.40. The third kappa shape index (κ3) is 2.89. The van der Waals surface area contributed by atoms with Gasteiger partial charge in [-0.1, -0.05) is 24.9 Å². The van der Waals surface area contributed by atoms with Gasteiger partial charge >= 0.3 is 0 Å². The fraction of sp³-hybridized carbons (Fsp3) is 0.524. The average molecular weight is 373 g/mol. The van der Waals surface area contributed by atoms with Crippen molar-refractivity contribution in [3.63, 3.8) is 0 Å². The quantitative estimate of drug-likeness (QED) is 0.859. The summed E-state index contributed by atoms with van der Waals surface area (Å²) in [5.41, 5.74) is 1.65. The number of pyridine rings is 1. The summed E-state index contributed by atoms with van der Waals surface area (Å²) >= 11 is 6.16. The Labute approximate surface area is 159 Å². The summed E-state index contributed by atoms with van der Waals surface area (Å²) in [7, 11) is 0. The maximum atomic E-state index is 13.3. The van der Waals surface area contributed by atoms with Crippen LogP contribution in [0.25, 0.3) is 10.9 Å². The van der Waals surface area contributed by atoms with Gasteiger partial charge < -0.3 is 10.0 Å². The molecule has 2 aliphatic rings. The van der Waals surface area contributed by atoms with Crippen LogP contribution in [0.1, 0.15) is 48.7 Å². The Morgan fingerprint density at radius 3 is 2.96 bits per heavy atom. The molecule has 2 heterocycles. The van der Waals surface area contributed by atoms with E-state index in [9.17, 15) is 9.90 Å². The van der Waals surface area contributed by atoms with Gasteiger partial charge in [-0.2, -0.15) is 0 Å². The van der Waals surface area contributed by atoms with E-state index in [0.717, 1.165) is 48.8 Å². The molecular formula is C21H25ClN2O2. The predicted molar refractivity (Wildman–Crippen MR) is 103 cm³/mol. The molecule has 2 fully saturated rings. The monoisotopic (exact) mass is 372 g/mol. The normalized spacial score (nSPS) is 28.4. The number of aromatic nitrogens is 1. The van der Waals surface area contributed by atoms with Crippen molar-refractivity contribution in [2.75, 3.05) is 13.1 Å². The van der Waals surface area contributed by atoms with E-state index in [4.69, 9.17) is 11.6 Å². The molecule has 1 amide bonds. The molecule has 1 aromatic heterocycles. The summed E-state index contributed by atoms with van der Waals surface area (Å²) < 4.78 is 0. The lowest BCUT2D eigenvalue weighted by molar-refractivity contribution is -0.0609. The van der Waals surface area contributed by atoms with Crippen molar-refractivity contribution >= 4 is 28.4 Å². The number of aryl methyl sites for hydroxylation is 1. The Bertz CT molecular complexity index is 868. The van der Waals surface area contributed by atoms with Gasteiger partial charge in [0.15, 0.2) is 0 Å². The number of carbonyl (C=O) groups excluding carboxylic acids is 1. The molecule has 0 radical (unpaired) electrons. The van der Waals surface area contributed by atoms with E-state index >= 15 is 0 Å². The molecule has 4 nitrogen and oxygen atoms in total. The number of amides is 1. The molecule has 0 bridgehead atoms. The molecule has 138 valence electrons. The highest BCUT2D eigenvalue weighted by Gasteiger charge is 2.48. The Kier molecular flexibility index (Phi) is 4.44. The molecule has 1 saturated heterocycles. The lowest BCUT2D eigenvalue weighted by Crippen LogP contribution is -2.44. The largest absolute Gasteiger partial charge is 0.390 e. The molecule has 3 atom stereocenters. The number of likely N-dealkylation sites (tertiary alicyclic amines) is 1. The number of hydrogen-bond acceptors (Lipinski definition) is 3. The smallest absolute Gasteiger partial charge is 0.254 e. The lowest BCUT2D eigenvalue weighted by atomic mass is 9.69. The minimum Gasteiger partial charge on any atom is -0.390 e. The number of nitrogens with zero attached hydrogens (tertiary/aromatic N) is 2. The first-order chi connectivity index (χ1) is 12.4. The van der Waals surface area contributed by atoms with Gasteiger partial charge in [0.1, 0.15) is 0 Å². The van der Waals surface area contributed by atoms with Crippen molar-refractivity contribution in [3.8, 4) is 0 Å².